The Balaban J connectivity index is 1.72. The first-order valence-electron chi connectivity index (χ1n) is 8.29. The van der Waals surface area contributed by atoms with Gasteiger partial charge >= 0.3 is 0 Å². The monoisotopic (exact) mass is 495 g/mol. The first kappa shape index (κ1) is 19.8. The van der Waals surface area contributed by atoms with E-state index in [0.717, 1.165) is 10.0 Å². The third kappa shape index (κ3) is 4.14. The van der Waals surface area contributed by atoms with Crippen LogP contribution in [0.2, 0.25) is 0 Å². The average Bonchev–Trinajstić information content (AvgIpc) is 2.90. The zero-order chi connectivity index (χ0) is 19.8. The molecule has 1 N–H and O–H groups in total. The van der Waals surface area contributed by atoms with Gasteiger partial charge in [-0.2, -0.15) is 5.10 Å². The molecular formula is C18H19Br2N5O2. The number of rotatable bonds is 5. The van der Waals surface area contributed by atoms with Crippen LogP contribution in [0.1, 0.15) is 19.4 Å². The van der Waals surface area contributed by atoms with Crippen molar-refractivity contribution in [3.8, 4) is 0 Å². The van der Waals surface area contributed by atoms with Gasteiger partial charge in [0.1, 0.15) is 22.9 Å². The summed E-state index contributed by atoms with van der Waals surface area (Å²) in [6.07, 6.45) is 1.37. The van der Waals surface area contributed by atoms with Crippen molar-refractivity contribution in [2.45, 2.75) is 25.8 Å². The zero-order valence-electron chi connectivity index (χ0n) is 15.2. The molecule has 7 nitrogen and oxygen atoms in total. The Kier molecular flexibility index (Phi) is 5.53. The summed E-state index contributed by atoms with van der Waals surface area (Å²) in [4.78, 5) is 29.2. The molecule has 0 bridgehead atoms. The topological polar surface area (TPSA) is 81.8 Å². The minimum atomic E-state index is -0.303. The molecule has 2 aromatic heterocycles. The molecule has 27 heavy (non-hydrogen) atoms. The van der Waals surface area contributed by atoms with Crippen molar-refractivity contribution in [3.63, 3.8) is 0 Å². The molecule has 0 fully saturated rings. The number of hydrogen-bond donors (Lipinski definition) is 1. The van der Waals surface area contributed by atoms with Gasteiger partial charge in [-0.25, -0.2) is 9.67 Å². The van der Waals surface area contributed by atoms with Crippen molar-refractivity contribution >= 4 is 48.8 Å². The summed E-state index contributed by atoms with van der Waals surface area (Å²) in [7, 11) is 1.71. The molecule has 0 saturated heterocycles. The molecule has 1 aromatic carbocycles. The van der Waals surface area contributed by atoms with Gasteiger partial charge in [0.15, 0.2) is 5.65 Å². The minimum Gasteiger partial charge on any atom is -0.354 e. The van der Waals surface area contributed by atoms with Gasteiger partial charge in [0.2, 0.25) is 5.91 Å². The Morgan fingerprint density at radius 1 is 1.22 bits per heavy atom. The highest BCUT2D eigenvalue weighted by molar-refractivity contribution is 9.10. The lowest BCUT2D eigenvalue weighted by Gasteiger charge is -2.25. The number of nitrogens with zero attached hydrogens (tertiary/aromatic N) is 4. The number of halogens is 2. The van der Waals surface area contributed by atoms with E-state index in [1.807, 2.05) is 24.3 Å². The lowest BCUT2D eigenvalue weighted by Crippen LogP contribution is -2.39. The Labute approximate surface area is 173 Å². The Morgan fingerprint density at radius 2 is 1.89 bits per heavy atom. The number of fused-ring (bicyclic) bond motifs is 1. The maximum Gasteiger partial charge on any atom is 0.266 e. The number of amides is 1. The fourth-order valence-electron chi connectivity index (χ4n) is 2.78. The van der Waals surface area contributed by atoms with E-state index in [2.05, 4.69) is 61.1 Å². The number of nitrogens with one attached hydrogen (secondary N) is 1. The molecule has 0 aliphatic heterocycles. The van der Waals surface area contributed by atoms with Gasteiger partial charge in [-0.05, 0) is 33.6 Å². The van der Waals surface area contributed by atoms with E-state index in [1.54, 1.807) is 7.05 Å². The predicted octanol–water partition coefficient (Wildman–Crippen LogP) is 2.75. The average molecular weight is 497 g/mol. The summed E-state index contributed by atoms with van der Waals surface area (Å²) in [6.45, 7) is 4.47. The van der Waals surface area contributed by atoms with Gasteiger partial charge in [0.05, 0.1) is 0 Å². The summed E-state index contributed by atoms with van der Waals surface area (Å²) in [5.41, 5.74) is 1.04. The van der Waals surface area contributed by atoms with E-state index in [-0.39, 0.29) is 23.4 Å². The number of carbonyl (C=O) groups excluding carboxylic acids is 1. The van der Waals surface area contributed by atoms with Crippen molar-refractivity contribution in [3.05, 3.63) is 55.6 Å². The Morgan fingerprint density at radius 3 is 2.56 bits per heavy atom. The van der Waals surface area contributed by atoms with Crippen LogP contribution in [0.15, 0.2) is 44.5 Å². The van der Waals surface area contributed by atoms with Gasteiger partial charge in [0, 0.05) is 23.5 Å². The van der Waals surface area contributed by atoms with Gasteiger partial charge in [-0.3, -0.25) is 14.2 Å². The van der Waals surface area contributed by atoms with Crippen molar-refractivity contribution in [1.82, 2.24) is 24.6 Å². The number of aryl methyl sites for hydroxylation is 1. The highest BCUT2D eigenvalue weighted by atomic mass is 79.9. The van der Waals surface area contributed by atoms with E-state index in [4.69, 9.17) is 0 Å². The summed E-state index contributed by atoms with van der Waals surface area (Å²) >= 11 is 6.69. The molecule has 0 radical (unpaired) electrons. The molecule has 0 spiro atoms. The van der Waals surface area contributed by atoms with Crippen LogP contribution in [0.5, 0.6) is 0 Å². The third-order valence-electron chi connectivity index (χ3n) is 4.44. The number of benzene rings is 1. The van der Waals surface area contributed by atoms with E-state index >= 15 is 0 Å². The van der Waals surface area contributed by atoms with Crippen LogP contribution in [0.25, 0.3) is 11.0 Å². The summed E-state index contributed by atoms with van der Waals surface area (Å²) in [5, 5.41) is 7.41. The maximum absolute atomic E-state index is 12.6. The van der Waals surface area contributed by atoms with Crippen LogP contribution in [-0.4, -0.2) is 31.8 Å². The molecule has 3 rings (SSSR count). The van der Waals surface area contributed by atoms with E-state index in [9.17, 15) is 9.59 Å². The van der Waals surface area contributed by atoms with Crippen LogP contribution in [-0.2, 0) is 23.8 Å². The molecule has 3 aromatic rings. The standard InChI is InChI=1S/C18H19Br2N5O2/c1-18(2,11-4-6-12(19)7-5-11)9-21-13(26)8-25-10-22-16-14(17(25)27)15(20)23-24(16)3/h4-7,10H,8-9H2,1-3H3,(H,21,26). The Hall–Kier alpha value is -2.00. The van der Waals surface area contributed by atoms with Gasteiger partial charge in [-0.15, -0.1) is 0 Å². The van der Waals surface area contributed by atoms with Crippen molar-refractivity contribution in [2.75, 3.05) is 6.54 Å². The van der Waals surface area contributed by atoms with Crippen LogP contribution < -0.4 is 10.9 Å². The molecule has 0 aliphatic carbocycles. The molecule has 142 valence electrons. The molecule has 2 heterocycles. The summed E-state index contributed by atoms with van der Waals surface area (Å²) in [6, 6.07) is 8.01. The van der Waals surface area contributed by atoms with Crippen molar-refractivity contribution in [1.29, 1.82) is 0 Å². The van der Waals surface area contributed by atoms with E-state index in [1.165, 1.54) is 15.6 Å². The molecule has 1 amide bonds. The lowest BCUT2D eigenvalue weighted by atomic mass is 9.84. The van der Waals surface area contributed by atoms with Crippen molar-refractivity contribution in [2.24, 2.45) is 7.05 Å². The highest BCUT2D eigenvalue weighted by Crippen LogP contribution is 2.24. The fourth-order valence-corrected chi connectivity index (χ4v) is 3.63. The van der Waals surface area contributed by atoms with Crippen molar-refractivity contribution < 1.29 is 4.79 Å². The predicted molar refractivity (Wildman–Crippen MR) is 111 cm³/mol. The number of carbonyl (C=O) groups is 1. The maximum atomic E-state index is 12.6. The largest absolute Gasteiger partial charge is 0.354 e. The first-order valence-corrected chi connectivity index (χ1v) is 9.88. The van der Waals surface area contributed by atoms with Gasteiger partial charge in [-0.1, -0.05) is 41.9 Å². The molecule has 0 atom stereocenters. The summed E-state index contributed by atoms with van der Waals surface area (Å²) in [5.74, 6) is -0.247. The molecule has 0 aliphatic rings. The molecule has 9 heteroatoms. The van der Waals surface area contributed by atoms with Crippen LogP contribution in [0.4, 0.5) is 0 Å². The lowest BCUT2D eigenvalue weighted by molar-refractivity contribution is -0.121. The molecular weight excluding hydrogens is 478 g/mol. The first-order chi connectivity index (χ1) is 12.7. The van der Waals surface area contributed by atoms with Gasteiger partial charge < -0.3 is 5.32 Å². The smallest absolute Gasteiger partial charge is 0.266 e. The quantitative estimate of drug-likeness (QED) is 0.588. The second kappa shape index (κ2) is 7.55. The molecule has 0 unspecified atom stereocenters. The highest BCUT2D eigenvalue weighted by Gasteiger charge is 2.22. The van der Waals surface area contributed by atoms with E-state index in [0.29, 0.717) is 22.2 Å². The zero-order valence-corrected chi connectivity index (χ0v) is 18.3. The normalized spacial score (nSPS) is 11.7. The Bertz CT molecular complexity index is 1050. The van der Waals surface area contributed by atoms with Crippen LogP contribution >= 0.6 is 31.9 Å². The third-order valence-corrected chi connectivity index (χ3v) is 5.52. The number of aromatic nitrogens is 4. The van der Waals surface area contributed by atoms with Crippen LogP contribution in [0, 0.1) is 0 Å². The fraction of sp³-hybridized carbons (Fsp3) is 0.333. The van der Waals surface area contributed by atoms with E-state index < -0.39 is 0 Å². The van der Waals surface area contributed by atoms with Gasteiger partial charge in [0.25, 0.3) is 5.56 Å². The number of hydrogen-bond acceptors (Lipinski definition) is 4. The van der Waals surface area contributed by atoms with Crippen LogP contribution in [0.3, 0.4) is 0 Å². The summed E-state index contributed by atoms with van der Waals surface area (Å²) < 4.78 is 4.24. The SMILES string of the molecule is Cn1nc(Br)c2c(=O)n(CC(=O)NCC(C)(C)c3ccc(Br)cc3)cnc21. The molecule has 0 saturated carbocycles. The second-order valence-electron chi connectivity index (χ2n) is 6.96. The minimum absolute atomic E-state index is 0.0977. The second-order valence-corrected chi connectivity index (χ2v) is 8.62.